The first-order chi connectivity index (χ1) is 11.2. The molecule has 24 heavy (non-hydrogen) atoms. The zero-order chi connectivity index (χ0) is 18.3. The summed E-state index contributed by atoms with van der Waals surface area (Å²) < 4.78 is 21.4. The number of ether oxygens (including phenoxy) is 1. The molecule has 0 unspecified atom stereocenters. The Kier molecular flexibility index (Phi) is 7.89. The van der Waals surface area contributed by atoms with Gasteiger partial charge in [-0.15, -0.1) is 0 Å². The van der Waals surface area contributed by atoms with Crippen LogP contribution in [0.5, 0.6) is 5.88 Å². The van der Waals surface area contributed by atoms with Crippen molar-refractivity contribution in [3.05, 3.63) is 11.3 Å². The maximum absolute atomic E-state index is 11.0. The normalized spacial score (nSPS) is 13.2. The van der Waals surface area contributed by atoms with Gasteiger partial charge in [-0.2, -0.15) is 0 Å². The molecule has 10 heteroatoms. The molecule has 0 saturated carbocycles. The number of nitrogens with two attached hydrogens (primary N) is 1. The lowest BCUT2D eigenvalue weighted by Crippen LogP contribution is -2.32. The second-order valence-corrected chi connectivity index (χ2v) is 7.28. The Labute approximate surface area is 140 Å². The summed E-state index contributed by atoms with van der Waals surface area (Å²) in [5.74, 6) is -0.792. The standard InChI is InChI=1S/C14H25N2O7P/c1-3-5-9(6-4-2)12-10(7-11(15)14(17)18)13(16-23-12)22-8-24(19,20)21/h9,11H,3-8,15H2,1-2H3,(H,17,18)(H2,19,20,21)/t11-/m0/s1. The molecule has 0 aliphatic carbocycles. The maximum atomic E-state index is 11.0. The van der Waals surface area contributed by atoms with Crippen LogP contribution in [0.4, 0.5) is 0 Å². The quantitative estimate of drug-likeness (QED) is 0.430. The first-order valence-electron chi connectivity index (χ1n) is 7.83. The summed E-state index contributed by atoms with van der Waals surface area (Å²) >= 11 is 0. The molecule has 0 spiro atoms. The van der Waals surface area contributed by atoms with E-state index in [9.17, 15) is 9.36 Å². The number of nitrogens with zero attached hydrogens (tertiary/aromatic N) is 1. The Morgan fingerprint density at radius 3 is 2.38 bits per heavy atom. The highest BCUT2D eigenvalue weighted by atomic mass is 31.2. The molecule has 0 aliphatic rings. The van der Waals surface area contributed by atoms with Crippen LogP contribution in [-0.2, 0) is 15.8 Å². The number of hydrogen-bond donors (Lipinski definition) is 4. The van der Waals surface area contributed by atoms with Crippen molar-refractivity contribution in [2.24, 2.45) is 5.73 Å². The summed E-state index contributed by atoms with van der Waals surface area (Å²) in [7, 11) is -4.40. The second kappa shape index (κ2) is 9.17. The van der Waals surface area contributed by atoms with Crippen LogP contribution in [0.2, 0.25) is 0 Å². The van der Waals surface area contributed by atoms with Crippen molar-refractivity contribution >= 4 is 13.6 Å². The molecular weight excluding hydrogens is 339 g/mol. The lowest BCUT2D eigenvalue weighted by molar-refractivity contribution is -0.138. The topological polar surface area (TPSA) is 156 Å². The van der Waals surface area contributed by atoms with Crippen molar-refractivity contribution in [3.8, 4) is 5.88 Å². The number of aromatic nitrogens is 1. The molecule has 0 radical (unpaired) electrons. The molecule has 9 nitrogen and oxygen atoms in total. The minimum atomic E-state index is -4.40. The van der Waals surface area contributed by atoms with Gasteiger partial charge < -0.3 is 29.9 Å². The van der Waals surface area contributed by atoms with Gasteiger partial charge in [0.15, 0.2) is 6.35 Å². The van der Waals surface area contributed by atoms with E-state index in [0.717, 1.165) is 25.7 Å². The number of rotatable bonds is 11. The van der Waals surface area contributed by atoms with Crippen molar-refractivity contribution < 1.29 is 33.5 Å². The Morgan fingerprint density at radius 2 is 1.92 bits per heavy atom. The van der Waals surface area contributed by atoms with Gasteiger partial charge in [0.2, 0.25) is 0 Å². The number of aliphatic carboxylic acids is 1. The predicted octanol–water partition coefficient (Wildman–Crippen LogP) is 1.83. The molecule has 0 saturated heterocycles. The predicted molar refractivity (Wildman–Crippen MR) is 85.9 cm³/mol. The van der Waals surface area contributed by atoms with Crippen molar-refractivity contribution in [1.29, 1.82) is 0 Å². The van der Waals surface area contributed by atoms with Crippen LogP contribution in [0, 0.1) is 0 Å². The third-order valence-corrected chi connectivity index (χ3v) is 4.00. The molecule has 1 aromatic rings. The van der Waals surface area contributed by atoms with E-state index in [4.69, 9.17) is 29.9 Å². The zero-order valence-corrected chi connectivity index (χ0v) is 14.7. The summed E-state index contributed by atoms with van der Waals surface area (Å²) in [6, 6.07) is -1.19. The average molecular weight is 364 g/mol. The average Bonchev–Trinajstić information content (AvgIpc) is 2.86. The van der Waals surface area contributed by atoms with E-state index < -0.39 is 26.0 Å². The number of carboxylic acids is 1. The minimum Gasteiger partial charge on any atom is -0.480 e. The van der Waals surface area contributed by atoms with Gasteiger partial charge in [0.05, 0.1) is 5.56 Å². The zero-order valence-electron chi connectivity index (χ0n) is 13.8. The Balaban J connectivity index is 3.14. The Morgan fingerprint density at radius 1 is 1.33 bits per heavy atom. The summed E-state index contributed by atoms with van der Waals surface area (Å²) in [5.41, 5.74) is 5.96. The molecule has 0 fully saturated rings. The molecule has 1 heterocycles. The van der Waals surface area contributed by atoms with E-state index in [2.05, 4.69) is 5.16 Å². The Bertz CT molecular complexity index is 578. The monoisotopic (exact) mass is 364 g/mol. The summed E-state index contributed by atoms with van der Waals surface area (Å²) in [6.07, 6.45) is 2.48. The number of hydrogen-bond acceptors (Lipinski definition) is 6. The van der Waals surface area contributed by atoms with E-state index >= 15 is 0 Å². The van der Waals surface area contributed by atoms with E-state index in [1.807, 2.05) is 13.8 Å². The second-order valence-electron chi connectivity index (χ2n) is 5.69. The Hall–Kier alpha value is -1.41. The van der Waals surface area contributed by atoms with Gasteiger partial charge in [-0.25, -0.2) is 0 Å². The van der Waals surface area contributed by atoms with Gasteiger partial charge in [-0.05, 0) is 18.0 Å². The summed E-state index contributed by atoms with van der Waals surface area (Å²) in [5, 5.41) is 12.8. The molecule has 5 N–H and O–H groups in total. The van der Waals surface area contributed by atoms with Gasteiger partial charge in [0.25, 0.3) is 5.88 Å². The molecule has 0 bridgehead atoms. The van der Waals surface area contributed by atoms with Gasteiger partial charge in [-0.1, -0.05) is 26.7 Å². The van der Waals surface area contributed by atoms with Crippen LogP contribution in [0.1, 0.15) is 56.8 Å². The molecule has 138 valence electrons. The first kappa shape index (κ1) is 20.6. The van der Waals surface area contributed by atoms with Gasteiger partial charge in [-0.3, -0.25) is 9.36 Å². The summed E-state index contributed by atoms with van der Waals surface area (Å²) in [4.78, 5) is 28.9. The van der Waals surface area contributed by atoms with Crippen LogP contribution in [0.3, 0.4) is 0 Å². The third kappa shape index (κ3) is 6.24. The molecule has 1 atom stereocenters. The van der Waals surface area contributed by atoms with Crippen molar-refractivity contribution in [1.82, 2.24) is 5.16 Å². The van der Waals surface area contributed by atoms with Gasteiger partial charge in [0, 0.05) is 12.3 Å². The van der Waals surface area contributed by atoms with Crippen LogP contribution in [0.25, 0.3) is 0 Å². The number of carbonyl (C=O) groups is 1. The van der Waals surface area contributed by atoms with Crippen LogP contribution < -0.4 is 10.5 Å². The van der Waals surface area contributed by atoms with Crippen LogP contribution in [-0.4, -0.2) is 38.4 Å². The van der Waals surface area contributed by atoms with E-state index in [0.29, 0.717) is 11.3 Å². The van der Waals surface area contributed by atoms with E-state index in [1.54, 1.807) is 0 Å². The first-order valence-corrected chi connectivity index (χ1v) is 9.63. The third-order valence-electron chi connectivity index (χ3n) is 3.54. The molecule has 0 amide bonds. The van der Waals surface area contributed by atoms with Crippen LogP contribution >= 0.6 is 7.60 Å². The largest absolute Gasteiger partial charge is 0.480 e. The lowest BCUT2D eigenvalue weighted by Gasteiger charge is -2.15. The van der Waals surface area contributed by atoms with Crippen molar-refractivity contribution in [3.63, 3.8) is 0 Å². The maximum Gasteiger partial charge on any atom is 0.362 e. The SMILES string of the molecule is CCCC(CCC)c1onc(OCP(=O)(O)O)c1C[C@H](N)C(=O)O. The van der Waals surface area contributed by atoms with E-state index in [-0.39, 0.29) is 18.2 Å². The van der Waals surface area contributed by atoms with E-state index in [1.165, 1.54) is 0 Å². The molecular formula is C14H25N2O7P. The molecule has 0 aliphatic heterocycles. The van der Waals surface area contributed by atoms with Gasteiger partial charge in [0.1, 0.15) is 11.8 Å². The minimum absolute atomic E-state index is 0.0240. The molecule has 1 aromatic heterocycles. The molecule has 0 aromatic carbocycles. The smallest absolute Gasteiger partial charge is 0.362 e. The summed E-state index contributed by atoms with van der Waals surface area (Å²) in [6.45, 7) is 4.04. The van der Waals surface area contributed by atoms with Crippen molar-refractivity contribution in [2.75, 3.05) is 6.35 Å². The fourth-order valence-electron chi connectivity index (χ4n) is 2.48. The fraction of sp³-hybridized carbons (Fsp3) is 0.714. The van der Waals surface area contributed by atoms with Crippen LogP contribution in [0.15, 0.2) is 4.52 Å². The lowest BCUT2D eigenvalue weighted by atomic mass is 9.91. The molecule has 1 rings (SSSR count). The van der Waals surface area contributed by atoms with Crippen molar-refractivity contribution in [2.45, 2.75) is 57.9 Å². The highest BCUT2D eigenvalue weighted by molar-refractivity contribution is 7.51. The fourth-order valence-corrected chi connectivity index (χ4v) is 2.77. The highest BCUT2D eigenvalue weighted by Crippen LogP contribution is 2.38. The van der Waals surface area contributed by atoms with Gasteiger partial charge >= 0.3 is 13.6 Å². The highest BCUT2D eigenvalue weighted by Gasteiger charge is 2.28. The number of carboxylic acid groups (broad SMARTS) is 1.